The Labute approximate surface area is 93.8 Å². The lowest BCUT2D eigenvalue weighted by molar-refractivity contribution is -0.140. The molecule has 2 nitrogen and oxygen atoms in total. The van der Waals surface area contributed by atoms with Crippen LogP contribution in [0.15, 0.2) is 0 Å². The lowest BCUT2D eigenvalue weighted by Crippen LogP contribution is -2.21. The van der Waals surface area contributed by atoms with Crippen molar-refractivity contribution < 1.29 is 18.3 Å². The van der Waals surface area contributed by atoms with Crippen molar-refractivity contribution in [2.45, 2.75) is 38.4 Å². The molecule has 0 heterocycles. The van der Waals surface area contributed by atoms with Gasteiger partial charge in [-0.25, -0.2) is 8.78 Å². The maximum absolute atomic E-state index is 11.9. The summed E-state index contributed by atoms with van der Waals surface area (Å²) in [6.07, 6.45) is -1.80. The molecule has 0 saturated heterocycles. The first-order valence-electron chi connectivity index (χ1n) is 4.95. The number of halogens is 2. The van der Waals surface area contributed by atoms with Crippen molar-refractivity contribution >= 4 is 17.7 Å². The number of carbonyl (C=O) groups is 1. The number of thioether (sulfide) groups is 1. The van der Waals surface area contributed by atoms with E-state index in [4.69, 9.17) is 0 Å². The highest BCUT2D eigenvalue weighted by atomic mass is 32.2. The summed E-state index contributed by atoms with van der Waals surface area (Å²) >= 11 is 1.26. The van der Waals surface area contributed by atoms with Gasteiger partial charge in [0.15, 0.2) is 0 Å². The lowest BCUT2D eigenvalue weighted by Gasteiger charge is -2.15. The Kier molecular flexibility index (Phi) is 7.74. The standard InChI is InChI=1S/C10H18F2O2S/c1-7(2)6-8(10(13)14-3)15-5-4-9(11)12/h7-9H,4-6H2,1-3H3. The average Bonchev–Trinajstić information content (AvgIpc) is 2.14. The number of methoxy groups -OCH3 is 1. The molecule has 0 radical (unpaired) electrons. The number of carbonyl (C=O) groups excluding carboxylic acids is 1. The van der Waals surface area contributed by atoms with Gasteiger partial charge in [-0.15, -0.1) is 11.8 Å². The maximum atomic E-state index is 11.9. The number of hydrogen-bond acceptors (Lipinski definition) is 3. The minimum Gasteiger partial charge on any atom is -0.468 e. The van der Waals surface area contributed by atoms with Gasteiger partial charge in [0, 0.05) is 6.42 Å². The Hall–Kier alpha value is -0.320. The maximum Gasteiger partial charge on any atom is 0.318 e. The predicted molar refractivity (Wildman–Crippen MR) is 58.3 cm³/mol. The summed E-state index contributed by atoms with van der Waals surface area (Å²) in [5.74, 6) is 0.334. The smallest absolute Gasteiger partial charge is 0.318 e. The second-order valence-electron chi connectivity index (χ2n) is 3.69. The van der Waals surface area contributed by atoms with Crippen LogP contribution in [0, 0.1) is 5.92 Å². The van der Waals surface area contributed by atoms with E-state index in [-0.39, 0.29) is 17.6 Å². The van der Waals surface area contributed by atoms with Crippen LogP contribution in [-0.4, -0.2) is 30.5 Å². The topological polar surface area (TPSA) is 26.3 Å². The number of hydrogen-bond donors (Lipinski definition) is 0. The Bertz CT molecular complexity index is 186. The van der Waals surface area contributed by atoms with Crippen molar-refractivity contribution in [3.8, 4) is 0 Å². The number of esters is 1. The van der Waals surface area contributed by atoms with Gasteiger partial charge in [0.25, 0.3) is 0 Å². The van der Waals surface area contributed by atoms with Crippen LogP contribution in [0.5, 0.6) is 0 Å². The Balaban J connectivity index is 3.96. The molecule has 90 valence electrons. The zero-order valence-electron chi connectivity index (χ0n) is 9.33. The molecular weight excluding hydrogens is 222 g/mol. The minimum atomic E-state index is -2.30. The number of rotatable bonds is 7. The summed E-state index contributed by atoms with van der Waals surface area (Å²) in [6.45, 7) is 3.98. The SMILES string of the molecule is COC(=O)C(CC(C)C)SCCC(F)F. The summed E-state index contributed by atoms with van der Waals surface area (Å²) in [5, 5.41) is -0.311. The van der Waals surface area contributed by atoms with Crippen LogP contribution < -0.4 is 0 Å². The molecule has 0 saturated carbocycles. The normalized spacial score (nSPS) is 13.3. The van der Waals surface area contributed by atoms with E-state index in [1.807, 2.05) is 13.8 Å². The first kappa shape index (κ1) is 14.7. The number of alkyl halides is 2. The monoisotopic (exact) mass is 240 g/mol. The molecule has 0 aromatic heterocycles. The molecule has 0 rings (SSSR count). The van der Waals surface area contributed by atoms with Gasteiger partial charge in [0.05, 0.1) is 7.11 Å². The molecule has 0 aromatic rings. The van der Waals surface area contributed by atoms with Gasteiger partial charge in [-0.2, -0.15) is 0 Å². The fourth-order valence-electron chi connectivity index (χ4n) is 1.09. The van der Waals surface area contributed by atoms with E-state index < -0.39 is 6.43 Å². The van der Waals surface area contributed by atoms with Crippen LogP contribution in [-0.2, 0) is 9.53 Å². The van der Waals surface area contributed by atoms with Crippen molar-refractivity contribution in [2.75, 3.05) is 12.9 Å². The molecule has 15 heavy (non-hydrogen) atoms. The van der Waals surface area contributed by atoms with Crippen LogP contribution in [0.25, 0.3) is 0 Å². The molecule has 0 aliphatic heterocycles. The second-order valence-corrected chi connectivity index (χ2v) is 5.00. The van der Waals surface area contributed by atoms with Gasteiger partial charge < -0.3 is 4.74 Å². The van der Waals surface area contributed by atoms with Crippen molar-refractivity contribution in [3.05, 3.63) is 0 Å². The highest BCUT2D eigenvalue weighted by Crippen LogP contribution is 2.22. The third-order valence-corrected chi connectivity index (χ3v) is 3.06. The van der Waals surface area contributed by atoms with E-state index in [1.165, 1.54) is 18.9 Å². The molecule has 0 aliphatic carbocycles. The predicted octanol–water partition coefficient (Wildman–Crippen LogP) is 2.96. The first-order valence-corrected chi connectivity index (χ1v) is 5.99. The van der Waals surface area contributed by atoms with Crippen molar-refractivity contribution in [3.63, 3.8) is 0 Å². The highest BCUT2D eigenvalue weighted by Gasteiger charge is 2.21. The van der Waals surface area contributed by atoms with E-state index in [2.05, 4.69) is 4.74 Å². The van der Waals surface area contributed by atoms with E-state index in [9.17, 15) is 13.6 Å². The van der Waals surface area contributed by atoms with E-state index >= 15 is 0 Å². The van der Waals surface area contributed by atoms with Gasteiger partial charge in [-0.3, -0.25) is 4.79 Å². The van der Waals surface area contributed by atoms with Crippen molar-refractivity contribution in [1.29, 1.82) is 0 Å². The summed E-state index contributed by atoms with van der Waals surface area (Å²) in [7, 11) is 1.32. The van der Waals surface area contributed by atoms with Crippen LogP contribution in [0.2, 0.25) is 0 Å². The quantitative estimate of drug-likeness (QED) is 0.640. The molecule has 0 aromatic carbocycles. The average molecular weight is 240 g/mol. The zero-order valence-corrected chi connectivity index (χ0v) is 10.2. The second kappa shape index (κ2) is 7.91. The first-order chi connectivity index (χ1) is 6.97. The summed E-state index contributed by atoms with van der Waals surface area (Å²) in [4.78, 5) is 11.3. The van der Waals surface area contributed by atoms with Crippen LogP contribution in [0.4, 0.5) is 8.78 Å². The summed E-state index contributed by atoms with van der Waals surface area (Å²) < 4.78 is 28.4. The van der Waals surface area contributed by atoms with Crippen LogP contribution in [0.3, 0.4) is 0 Å². The molecular formula is C10H18F2O2S. The van der Waals surface area contributed by atoms with Gasteiger partial charge in [0.1, 0.15) is 5.25 Å². The van der Waals surface area contributed by atoms with E-state index in [0.29, 0.717) is 18.1 Å². The Morgan fingerprint density at radius 1 is 1.40 bits per heavy atom. The Morgan fingerprint density at radius 3 is 2.40 bits per heavy atom. The van der Waals surface area contributed by atoms with Crippen molar-refractivity contribution in [2.24, 2.45) is 5.92 Å². The molecule has 0 aliphatic rings. The third kappa shape index (κ3) is 7.59. The van der Waals surface area contributed by atoms with Crippen LogP contribution in [0.1, 0.15) is 26.7 Å². The largest absolute Gasteiger partial charge is 0.468 e. The molecule has 1 atom stereocenters. The molecule has 5 heteroatoms. The lowest BCUT2D eigenvalue weighted by atomic mass is 10.1. The van der Waals surface area contributed by atoms with Crippen LogP contribution >= 0.6 is 11.8 Å². The molecule has 0 spiro atoms. The van der Waals surface area contributed by atoms with Gasteiger partial charge in [-0.05, 0) is 18.1 Å². The fraction of sp³-hybridized carbons (Fsp3) is 0.900. The Morgan fingerprint density at radius 2 is 2.00 bits per heavy atom. The molecule has 0 N–H and O–H groups in total. The van der Waals surface area contributed by atoms with E-state index in [1.54, 1.807) is 0 Å². The van der Waals surface area contributed by atoms with Gasteiger partial charge in [-0.1, -0.05) is 13.8 Å². The van der Waals surface area contributed by atoms with Gasteiger partial charge >= 0.3 is 5.97 Å². The van der Waals surface area contributed by atoms with Crippen molar-refractivity contribution in [1.82, 2.24) is 0 Å². The highest BCUT2D eigenvalue weighted by molar-refractivity contribution is 8.00. The van der Waals surface area contributed by atoms with Gasteiger partial charge in [0.2, 0.25) is 6.43 Å². The number of ether oxygens (including phenoxy) is 1. The molecule has 0 bridgehead atoms. The molecule has 0 amide bonds. The third-order valence-electron chi connectivity index (χ3n) is 1.80. The zero-order chi connectivity index (χ0) is 11.8. The fourth-order valence-corrected chi connectivity index (χ4v) is 2.44. The summed E-state index contributed by atoms with van der Waals surface area (Å²) in [6, 6.07) is 0. The molecule has 0 fully saturated rings. The van der Waals surface area contributed by atoms with E-state index in [0.717, 1.165) is 0 Å². The minimum absolute atomic E-state index is 0.170. The molecule has 1 unspecified atom stereocenters. The summed E-state index contributed by atoms with van der Waals surface area (Å²) in [5.41, 5.74) is 0.